The van der Waals surface area contributed by atoms with E-state index in [0.29, 0.717) is 0 Å². The van der Waals surface area contributed by atoms with Crippen molar-refractivity contribution < 1.29 is 22.8 Å². The maximum Gasteiger partial charge on any atom is 0.417 e. The molecule has 0 spiro atoms. The molecule has 0 saturated carbocycles. The van der Waals surface area contributed by atoms with E-state index in [-0.39, 0.29) is 24.6 Å². The van der Waals surface area contributed by atoms with Gasteiger partial charge in [0, 0.05) is 12.7 Å². The minimum Gasteiger partial charge on any atom is -0.335 e. The van der Waals surface area contributed by atoms with E-state index in [2.05, 4.69) is 5.32 Å². The van der Waals surface area contributed by atoms with Crippen LogP contribution in [0.5, 0.6) is 0 Å². The molecule has 0 unspecified atom stereocenters. The standard InChI is InChI=1S/C16H21ClF3N3O2.ClH/c1-15(2,3)13(21)14(25)23(4)8-12(24)22-9-5-6-11(17)10(7-9)16(18,19)20;/h5-7,13H,8,21H2,1-4H3,(H,22,24);1H/t13-;/m1./s1. The summed E-state index contributed by atoms with van der Waals surface area (Å²) in [5.74, 6) is -1.08. The van der Waals surface area contributed by atoms with Crippen LogP contribution >= 0.6 is 24.0 Å². The van der Waals surface area contributed by atoms with Crippen molar-refractivity contribution in [3.8, 4) is 0 Å². The number of nitrogens with two attached hydrogens (primary N) is 1. The number of rotatable bonds is 4. The molecule has 148 valence electrons. The molecular weight excluding hydrogens is 394 g/mol. The zero-order chi connectivity index (χ0) is 19.6. The smallest absolute Gasteiger partial charge is 0.335 e. The summed E-state index contributed by atoms with van der Waals surface area (Å²) in [5, 5.41) is 1.85. The predicted molar refractivity (Wildman–Crippen MR) is 97.4 cm³/mol. The van der Waals surface area contributed by atoms with Crippen molar-refractivity contribution in [2.75, 3.05) is 18.9 Å². The van der Waals surface area contributed by atoms with Crippen molar-refractivity contribution >= 4 is 41.5 Å². The molecule has 10 heteroatoms. The number of benzene rings is 1. The first kappa shape index (κ1) is 24.5. The lowest BCUT2D eigenvalue weighted by atomic mass is 9.86. The van der Waals surface area contributed by atoms with E-state index in [9.17, 15) is 22.8 Å². The number of carbonyl (C=O) groups is 2. The van der Waals surface area contributed by atoms with Crippen molar-refractivity contribution in [2.45, 2.75) is 33.0 Å². The van der Waals surface area contributed by atoms with Crippen molar-refractivity contribution in [3.05, 3.63) is 28.8 Å². The normalized spacial score (nSPS) is 12.8. The van der Waals surface area contributed by atoms with E-state index in [1.807, 2.05) is 0 Å². The van der Waals surface area contributed by atoms with Gasteiger partial charge in [0.2, 0.25) is 11.8 Å². The molecule has 2 amide bonds. The number of halogens is 5. The van der Waals surface area contributed by atoms with E-state index in [1.54, 1.807) is 20.8 Å². The molecular formula is C16H22Cl2F3N3O2. The molecule has 0 aliphatic rings. The minimum absolute atomic E-state index is 0. The summed E-state index contributed by atoms with van der Waals surface area (Å²) < 4.78 is 38.5. The van der Waals surface area contributed by atoms with Gasteiger partial charge in [0.1, 0.15) is 0 Å². The van der Waals surface area contributed by atoms with Gasteiger partial charge in [-0.15, -0.1) is 12.4 Å². The van der Waals surface area contributed by atoms with Crippen LogP contribution in [0, 0.1) is 5.41 Å². The lowest BCUT2D eigenvalue weighted by molar-refractivity contribution is -0.137. The number of carbonyl (C=O) groups excluding carboxylic acids is 2. The molecule has 0 aromatic heterocycles. The molecule has 0 radical (unpaired) electrons. The molecule has 5 nitrogen and oxygen atoms in total. The monoisotopic (exact) mass is 415 g/mol. The van der Waals surface area contributed by atoms with Gasteiger partial charge in [-0.1, -0.05) is 32.4 Å². The van der Waals surface area contributed by atoms with E-state index in [0.717, 1.165) is 17.0 Å². The molecule has 0 fully saturated rings. The number of nitrogens with zero attached hydrogens (tertiary/aromatic N) is 1. The minimum atomic E-state index is -4.63. The predicted octanol–water partition coefficient (Wildman–Crippen LogP) is 3.55. The third kappa shape index (κ3) is 6.66. The van der Waals surface area contributed by atoms with E-state index < -0.39 is 40.0 Å². The largest absolute Gasteiger partial charge is 0.417 e. The van der Waals surface area contributed by atoms with Crippen LogP contribution in [0.3, 0.4) is 0 Å². The van der Waals surface area contributed by atoms with Gasteiger partial charge in [-0.25, -0.2) is 0 Å². The number of hydrogen-bond acceptors (Lipinski definition) is 3. The van der Waals surface area contributed by atoms with Crippen molar-refractivity contribution in [1.82, 2.24) is 4.90 Å². The lowest BCUT2D eigenvalue weighted by Gasteiger charge is -2.29. The topological polar surface area (TPSA) is 75.4 Å². The van der Waals surface area contributed by atoms with Gasteiger partial charge in [0.25, 0.3) is 0 Å². The number of nitrogens with one attached hydrogen (secondary N) is 1. The second kappa shape index (κ2) is 8.92. The quantitative estimate of drug-likeness (QED) is 0.789. The number of anilines is 1. The third-order valence-electron chi connectivity index (χ3n) is 3.51. The Morgan fingerprint density at radius 2 is 1.81 bits per heavy atom. The zero-order valence-corrected chi connectivity index (χ0v) is 16.4. The van der Waals surface area contributed by atoms with Crippen LogP contribution < -0.4 is 11.1 Å². The molecule has 0 saturated heterocycles. The third-order valence-corrected chi connectivity index (χ3v) is 3.84. The van der Waals surface area contributed by atoms with Crippen LogP contribution in [-0.4, -0.2) is 36.3 Å². The second-order valence-electron chi connectivity index (χ2n) is 6.78. The van der Waals surface area contributed by atoms with Crippen LogP contribution in [0.25, 0.3) is 0 Å². The van der Waals surface area contributed by atoms with Crippen LogP contribution in [0.1, 0.15) is 26.3 Å². The summed E-state index contributed by atoms with van der Waals surface area (Å²) in [6.45, 7) is 5.02. The fourth-order valence-corrected chi connectivity index (χ4v) is 2.15. The Morgan fingerprint density at radius 3 is 2.27 bits per heavy atom. The fraction of sp³-hybridized carbons (Fsp3) is 0.500. The molecule has 1 aromatic rings. The summed E-state index contributed by atoms with van der Waals surface area (Å²) in [7, 11) is 1.40. The summed E-state index contributed by atoms with van der Waals surface area (Å²) in [6.07, 6.45) is -4.63. The highest BCUT2D eigenvalue weighted by atomic mass is 35.5. The SMILES string of the molecule is CN(CC(=O)Nc1ccc(Cl)c(C(F)(F)F)c1)C(=O)[C@@H](N)C(C)(C)C.Cl. The van der Waals surface area contributed by atoms with Gasteiger partial charge in [-0.05, 0) is 23.6 Å². The van der Waals surface area contributed by atoms with Crippen LogP contribution in [0.4, 0.5) is 18.9 Å². The average molecular weight is 416 g/mol. The summed E-state index contributed by atoms with van der Waals surface area (Å²) in [6, 6.07) is 2.23. The molecule has 1 atom stereocenters. The molecule has 0 aliphatic heterocycles. The zero-order valence-electron chi connectivity index (χ0n) is 14.8. The van der Waals surface area contributed by atoms with Gasteiger partial charge in [-0.2, -0.15) is 13.2 Å². The number of alkyl halides is 3. The summed E-state index contributed by atoms with van der Waals surface area (Å²) in [4.78, 5) is 25.3. The van der Waals surface area contributed by atoms with Gasteiger partial charge in [0.15, 0.2) is 0 Å². The van der Waals surface area contributed by atoms with E-state index in [1.165, 1.54) is 13.1 Å². The maximum atomic E-state index is 12.8. The average Bonchev–Trinajstić information content (AvgIpc) is 2.45. The Hall–Kier alpha value is -1.51. The lowest BCUT2D eigenvalue weighted by Crippen LogP contribution is -2.50. The molecule has 1 rings (SSSR count). The number of likely N-dealkylation sites (N-methyl/N-ethyl adjacent to an activating group) is 1. The molecule has 26 heavy (non-hydrogen) atoms. The first-order chi connectivity index (χ1) is 11.2. The molecule has 0 heterocycles. The van der Waals surface area contributed by atoms with Gasteiger partial charge in [0.05, 0.1) is 23.2 Å². The Morgan fingerprint density at radius 1 is 1.27 bits per heavy atom. The molecule has 1 aromatic carbocycles. The fourth-order valence-electron chi connectivity index (χ4n) is 1.92. The Labute approximate surface area is 161 Å². The summed E-state index contributed by atoms with van der Waals surface area (Å²) >= 11 is 5.52. The van der Waals surface area contributed by atoms with Gasteiger partial charge >= 0.3 is 6.18 Å². The van der Waals surface area contributed by atoms with E-state index >= 15 is 0 Å². The van der Waals surface area contributed by atoms with Crippen LogP contribution in [0.15, 0.2) is 18.2 Å². The van der Waals surface area contributed by atoms with Gasteiger partial charge < -0.3 is 16.0 Å². The van der Waals surface area contributed by atoms with Crippen molar-refractivity contribution in [1.29, 1.82) is 0 Å². The Balaban J connectivity index is 0.00000625. The second-order valence-corrected chi connectivity index (χ2v) is 7.19. The first-order valence-electron chi connectivity index (χ1n) is 7.40. The van der Waals surface area contributed by atoms with Crippen molar-refractivity contribution in [3.63, 3.8) is 0 Å². The molecule has 0 bridgehead atoms. The summed E-state index contributed by atoms with van der Waals surface area (Å²) in [5.41, 5.74) is 4.24. The van der Waals surface area contributed by atoms with Crippen molar-refractivity contribution in [2.24, 2.45) is 11.1 Å². The number of amides is 2. The molecule has 0 aliphatic carbocycles. The maximum absolute atomic E-state index is 12.8. The Kier molecular flexibility index (Phi) is 8.40. The first-order valence-corrected chi connectivity index (χ1v) is 7.78. The van der Waals surface area contributed by atoms with E-state index in [4.69, 9.17) is 17.3 Å². The van der Waals surface area contributed by atoms with Crippen LogP contribution in [0.2, 0.25) is 5.02 Å². The Bertz CT molecular complexity index is 661. The highest BCUT2D eigenvalue weighted by Gasteiger charge is 2.34. The van der Waals surface area contributed by atoms with Gasteiger partial charge in [-0.3, -0.25) is 9.59 Å². The van der Waals surface area contributed by atoms with Crippen LogP contribution in [-0.2, 0) is 15.8 Å². The highest BCUT2D eigenvalue weighted by Crippen LogP contribution is 2.36. The highest BCUT2D eigenvalue weighted by molar-refractivity contribution is 6.31. The molecule has 3 N–H and O–H groups in total. The number of hydrogen-bond donors (Lipinski definition) is 2.